The molecule has 0 unspecified atom stereocenters. The molecule has 1 aliphatic heterocycles. The Bertz CT molecular complexity index is 1120. The molecule has 0 aliphatic carbocycles. The highest BCUT2D eigenvalue weighted by molar-refractivity contribution is 6.19. The normalized spacial score (nSPS) is 13.8. The fourth-order valence-corrected chi connectivity index (χ4v) is 4.03. The van der Waals surface area contributed by atoms with Gasteiger partial charge in [0.1, 0.15) is 0 Å². The number of carbonyl (C=O) groups excluding carboxylic acids is 3. The molecule has 204 valence electrons. The molecule has 3 amide bonds. The van der Waals surface area contributed by atoms with Gasteiger partial charge in [-0.3, -0.25) is 19.3 Å². The minimum Gasteiger partial charge on any atom is -0.379 e. The molecule has 0 fully saturated rings. The number of aromatic nitrogens is 4. The van der Waals surface area contributed by atoms with Crippen LogP contribution in [0.1, 0.15) is 45.5 Å². The molecular weight excluding hydrogens is 488 g/mol. The third-order valence-electron chi connectivity index (χ3n) is 5.98. The van der Waals surface area contributed by atoms with Crippen LogP contribution in [0.5, 0.6) is 0 Å². The van der Waals surface area contributed by atoms with Crippen molar-refractivity contribution in [2.24, 2.45) is 11.8 Å². The molecule has 1 aromatic heterocycles. The molecule has 0 atom stereocenters. The average Bonchev–Trinajstić information content (AvgIpc) is 3.15. The van der Waals surface area contributed by atoms with Crippen molar-refractivity contribution in [1.82, 2.24) is 30.6 Å². The van der Waals surface area contributed by atoms with Crippen LogP contribution in [0.2, 0.25) is 0 Å². The fraction of sp³-hybridized carbons (Fsp3) is 0.519. The van der Waals surface area contributed by atoms with Crippen molar-refractivity contribution >= 4 is 17.7 Å². The lowest BCUT2D eigenvalue weighted by Gasteiger charge is -2.16. The van der Waals surface area contributed by atoms with Crippen molar-refractivity contribution < 1.29 is 23.9 Å². The highest BCUT2D eigenvalue weighted by atomic mass is 16.5. The molecule has 11 heteroatoms. The second kappa shape index (κ2) is 13.8. The molecule has 3 rings (SSSR count). The molecule has 0 spiro atoms. The Balaban J connectivity index is 1.26. The third kappa shape index (κ3) is 7.72. The van der Waals surface area contributed by atoms with E-state index < -0.39 is 0 Å². The van der Waals surface area contributed by atoms with Crippen LogP contribution in [0.25, 0.3) is 11.4 Å². The van der Waals surface area contributed by atoms with E-state index in [9.17, 15) is 14.4 Å². The number of nitrogens with one attached hydrogen (secondary N) is 1. The quantitative estimate of drug-likeness (QED) is 0.291. The van der Waals surface area contributed by atoms with E-state index in [1.807, 2.05) is 52.0 Å². The topological polar surface area (TPSA) is 136 Å². The molecule has 38 heavy (non-hydrogen) atoms. The first-order valence-electron chi connectivity index (χ1n) is 12.8. The Morgan fingerprint density at radius 1 is 0.842 bits per heavy atom. The van der Waals surface area contributed by atoms with Gasteiger partial charge >= 0.3 is 0 Å². The van der Waals surface area contributed by atoms with Crippen LogP contribution in [0.4, 0.5) is 0 Å². The molecular formula is C27H36N6O5. The smallest absolute Gasteiger partial charge is 0.257 e. The van der Waals surface area contributed by atoms with Gasteiger partial charge in [0.25, 0.3) is 11.8 Å². The summed E-state index contributed by atoms with van der Waals surface area (Å²) in [6, 6.07) is 7.49. The molecule has 1 aliphatic rings. The van der Waals surface area contributed by atoms with E-state index in [4.69, 9.17) is 9.47 Å². The summed E-state index contributed by atoms with van der Waals surface area (Å²) in [6.45, 7) is 11.2. The van der Waals surface area contributed by atoms with Gasteiger partial charge in [0, 0.05) is 29.7 Å². The number of ether oxygens (including phenoxy) is 2. The van der Waals surface area contributed by atoms with Crippen LogP contribution < -0.4 is 5.32 Å². The van der Waals surface area contributed by atoms with Crippen LogP contribution in [0, 0.1) is 18.8 Å². The maximum absolute atomic E-state index is 12.7. The van der Waals surface area contributed by atoms with Crippen molar-refractivity contribution in [3.05, 3.63) is 46.8 Å². The summed E-state index contributed by atoms with van der Waals surface area (Å²) < 4.78 is 11.0. The van der Waals surface area contributed by atoms with Crippen molar-refractivity contribution in [1.29, 1.82) is 0 Å². The van der Waals surface area contributed by atoms with Crippen molar-refractivity contribution in [2.45, 2.75) is 47.6 Å². The zero-order valence-electron chi connectivity index (χ0n) is 22.7. The summed E-state index contributed by atoms with van der Waals surface area (Å²) in [5.74, 6) is 0.395. The summed E-state index contributed by atoms with van der Waals surface area (Å²) >= 11 is 0. The molecule has 11 nitrogen and oxygen atoms in total. The Morgan fingerprint density at radius 3 is 1.95 bits per heavy atom. The predicted octanol–water partition coefficient (Wildman–Crippen LogP) is 2.26. The number of rotatable bonds is 14. The summed E-state index contributed by atoms with van der Waals surface area (Å²) in [4.78, 5) is 38.7. The van der Waals surface area contributed by atoms with Crippen LogP contribution in [0.3, 0.4) is 0 Å². The lowest BCUT2D eigenvalue weighted by atomic mass is 9.92. The minimum absolute atomic E-state index is 0.00405. The highest BCUT2D eigenvalue weighted by Crippen LogP contribution is 2.31. The van der Waals surface area contributed by atoms with E-state index >= 15 is 0 Å². The number of nitrogens with zero attached hydrogens (tertiary/aromatic N) is 5. The highest BCUT2D eigenvalue weighted by Gasteiger charge is 2.39. The van der Waals surface area contributed by atoms with Crippen LogP contribution in [0.15, 0.2) is 35.4 Å². The number of carbonyl (C=O) groups is 3. The second-order valence-electron chi connectivity index (χ2n) is 9.62. The molecule has 0 radical (unpaired) electrons. The van der Waals surface area contributed by atoms with E-state index in [1.165, 1.54) is 4.90 Å². The van der Waals surface area contributed by atoms with Crippen molar-refractivity contribution in [3.8, 4) is 11.4 Å². The number of imide groups is 1. The zero-order valence-corrected chi connectivity index (χ0v) is 22.7. The Morgan fingerprint density at radius 2 is 1.39 bits per heavy atom. The van der Waals surface area contributed by atoms with Gasteiger partial charge in [-0.1, -0.05) is 52.0 Å². The summed E-state index contributed by atoms with van der Waals surface area (Å²) in [5, 5.41) is 18.7. The van der Waals surface area contributed by atoms with Crippen LogP contribution in [-0.2, 0) is 30.4 Å². The monoisotopic (exact) mass is 524 g/mol. The summed E-state index contributed by atoms with van der Waals surface area (Å²) in [6.07, 6.45) is 0.227. The molecule has 2 heterocycles. The summed E-state index contributed by atoms with van der Waals surface area (Å²) in [7, 11) is 0. The first-order chi connectivity index (χ1) is 18.2. The maximum Gasteiger partial charge on any atom is 0.257 e. The van der Waals surface area contributed by atoms with E-state index in [0.29, 0.717) is 42.6 Å². The number of benzene rings is 1. The molecule has 1 aromatic carbocycles. The first kappa shape index (κ1) is 29.0. The van der Waals surface area contributed by atoms with E-state index in [-0.39, 0.29) is 55.7 Å². The molecule has 0 bridgehead atoms. The van der Waals surface area contributed by atoms with Gasteiger partial charge in [0.15, 0.2) is 5.82 Å². The van der Waals surface area contributed by atoms with Crippen LogP contribution >= 0.6 is 0 Å². The van der Waals surface area contributed by atoms with Gasteiger partial charge in [-0.05, 0) is 24.3 Å². The molecule has 1 N–H and O–H groups in total. The predicted molar refractivity (Wildman–Crippen MR) is 139 cm³/mol. The van der Waals surface area contributed by atoms with Crippen molar-refractivity contribution in [2.75, 3.05) is 33.0 Å². The van der Waals surface area contributed by atoms with Gasteiger partial charge in [-0.15, -0.1) is 20.4 Å². The average molecular weight is 525 g/mol. The summed E-state index contributed by atoms with van der Waals surface area (Å²) in [5.41, 5.74) is 2.95. The Kier molecular flexibility index (Phi) is 10.5. The number of hydrogen-bond donors (Lipinski definition) is 1. The zero-order chi connectivity index (χ0) is 27.7. The first-order valence-corrected chi connectivity index (χ1v) is 12.8. The Labute approximate surface area is 223 Å². The lowest BCUT2D eigenvalue weighted by Crippen LogP contribution is -2.35. The van der Waals surface area contributed by atoms with E-state index in [2.05, 4.69) is 25.7 Å². The molecule has 2 aromatic rings. The minimum atomic E-state index is -0.217. The fourth-order valence-electron chi connectivity index (χ4n) is 4.03. The standard InChI is InChI=1S/C27H36N6O5/c1-17(2)23-24(18(3)4)27(36)33(26(23)35)11-13-38-15-14-37-12-10-22(34)28-16-20-6-8-21(9-7-20)25-31-29-19(5)30-32-25/h6-9,17-18H,10-16H2,1-5H3,(H,28,34). The van der Waals surface area contributed by atoms with Crippen molar-refractivity contribution in [3.63, 3.8) is 0 Å². The van der Waals surface area contributed by atoms with Gasteiger partial charge in [0.05, 0.1) is 33.0 Å². The molecule has 0 saturated carbocycles. The number of hydrogen-bond acceptors (Lipinski definition) is 9. The van der Waals surface area contributed by atoms with Crippen LogP contribution in [-0.4, -0.2) is 76.0 Å². The lowest BCUT2D eigenvalue weighted by molar-refractivity contribution is -0.138. The van der Waals surface area contributed by atoms with Gasteiger partial charge < -0.3 is 14.8 Å². The number of aryl methyl sites for hydroxylation is 1. The number of amides is 3. The van der Waals surface area contributed by atoms with Gasteiger partial charge in [-0.25, -0.2) is 0 Å². The largest absolute Gasteiger partial charge is 0.379 e. The maximum atomic E-state index is 12.7. The SMILES string of the molecule is Cc1nnc(-c2ccc(CNC(=O)CCOCCOCCN3C(=O)C(C(C)C)=C(C(C)C)C3=O)cc2)nn1. The van der Waals surface area contributed by atoms with E-state index in [0.717, 1.165) is 11.1 Å². The van der Waals surface area contributed by atoms with Gasteiger partial charge in [-0.2, -0.15) is 0 Å². The van der Waals surface area contributed by atoms with E-state index in [1.54, 1.807) is 6.92 Å². The third-order valence-corrected chi connectivity index (χ3v) is 5.98. The van der Waals surface area contributed by atoms with Gasteiger partial charge in [0.2, 0.25) is 11.7 Å². The second-order valence-corrected chi connectivity index (χ2v) is 9.62. The molecule has 0 saturated heterocycles. The Hall–Kier alpha value is -3.57.